The molecule has 0 bridgehead atoms. The molecule has 1 aliphatic rings. The normalized spacial score (nSPS) is 13.7. The van der Waals surface area contributed by atoms with Gasteiger partial charge in [0.15, 0.2) is 5.75 Å². The van der Waals surface area contributed by atoms with E-state index in [4.69, 9.17) is 37.5 Å². The Balaban J connectivity index is 0.00000387. The molecular weight excluding hydrogens is 576 g/mol. The molecular formula is C31H24Cl2NNaO6. The fourth-order valence-electron chi connectivity index (χ4n) is 4.36. The molecule has 0 aromatic heterocycles. The number of carbonyl (C=O) groups is 2. The van der Waals surface area contributed by atoms with Crippen LogP contribution in [0.2, 0.25) is 10.0 Å². The van der Waals surface area contributed by atoms with Gasteiger partial charge in [0, 0.05) is 40.2 Å². The Morgan fingerprint density at radius 2 is 1.68 bits per heavy atom. The van der Waals surface area contributed by atoms with E-state index < -0.39 is 11.9 Å². The molecule has 0 saturated heterocycles. The summed E-state index contributed by atoms with van der Waals surface area (Å²) in [5, 5.41) is 13.5. The fourth-order valence-corrected chi connectivity index (χ4v) is 4.76. The number of amides is 1. The second-order valence-electron chi connectivity index (χ2n) is 9.15. The Labute approximate surface area is 269 Å². The number of carboxylic acids is 1. The van der Waals surface area contributed by atoms with Crippen LogP contribution in [0, 0.1) is 0 Å². The van der Waals surface area contributed by atoms with Crippen LogP contribution in [-0.4, -0.2) is 30.1 Å². The standard InChI is InChI=1S/C31H25Cl2NO6.Na/c32-22-7-4-8-24(17-22)40-34(15-13-20-5-2-1-3-6-20)30(35)21-9-11-23(12-10-21)39-29-19-28-26(18-27(29)33)25(31(36)37)14-16-38-28;/h1-12,17-19,25H,13-16H2,(H,36,37);/q;+1/p-1. The molecule has 1 unspecified atom stereocenters. The van der Waals surface area contributed by atoms with Crippen LogP contribution in [0.25, 0.3) is 0 Å². The monoisotopic (exact) mass is 599 g/mol. The van der Waals surface area contributed by atoms with Crippen molar-refractivity contribution in [3.05, 3.63) is 118 Å². The molecule has 5 rings (SSSR count). The van der Waals surface area contributed by atoms with Crippen LogP contribution in [0.1, 0.15) is 33.8 Å². The van der Waals surface area contributed by atoms with Crippen molar-refractivity contribution in [2.45, 2.75) is 18.8 Å². The summed E-state index contributed by atoms with van der Waals surface area (Å²) in [6.07, 6.45) is 0.900. The van der Waals surface area contributed by atoms with Gasteiger partial charge in [-0.1, -0.05) is 59.6 Å². The minimum Gasteiger partial charge on any atom is -0.549 e. The van der Waals surface area contributed by atoms with E-state index in [2.05, 4.69) is 0 Å². The third kappa shape index (κ3) is 7.76. The fraction of sp³-hybridized carbons (Fsp3) is 0.161. The molecule has 0 fully saturated rings. The minimum atomic E-state index is -1.17. The SMILES string of the molecule is O=C([O-])C1CCOc2cc(Oc3ccc(C(=O)N(CCc4ccccc4)Oc4cccc(Cl)c4)cc3)c(Cl)cc21.[Na+]. The zero-order valence-corrected chi connectivity index (χ0v) is 25.7. The van der Waals surface area contributed by atoms with Gasteiger partial charge in [-0.15, -0.1) is 0 Å². The topological polar surface area (TPSA) is 88.1 Å². The van der Waals surface area contributed by atoms with E-state index in [9.17, 15) is 14.7 Å². The number of carbonyl (C=O) groups excluding carboxylic acids is 2. The van der Waals surface area contributed by atoms with Gasteiger partial charge < -0.3 is 24.2 Å². The van der Waals surface area contributed by atoms with E-state index in [0.29, 0.717) is 58.5 Å². The van der Waals surface area contributed by atoms with Crippen LogP contribution in [0.3, 0.4) is 0 Å². The van der Waals surface area contributed by atoms with E-state index in [1.165, 1.54) is 11.1 Å². The van der Waals surface area contributed by atoms with Crippen molar-refractivity contribution in [1.82, 2.24) is 5.06 Å². The minimum absolute atomic E-state index is 0. The number of benzene rings is 4. The Hall–Kier alpha value is -3.20. The maximum atomic E-state index is 13.5. The van der Waals surface area contributed by atoms with Gasteiger partial charge in [0.1, 0.15) is 17.2 Å². The van der Waals surface area contributed by atoms with Crippen molar-refractivity contribution in [3.8, 4) is 23.0 Å². The molecule has 7 nitrogen and oxygen atoms in total. The number of aliphatic carboxylic acids is 1. The summed E-state index contributed by atoms with van der Waals surface area (Å²) in [7, 11) is 0. The molecule has 10 heteroatoms. The van der Waals surface area contributed by atoms with Crippen LogP contribution in [0.4, 0.5) is 0 Å². The molecule has 0 aliphatic carbocycles. The number of halogens is 2. The summed E-state index contributed by atoms with van der Waals surface area (Å²) in [4.78, 5) is 30.9. The summed E-state index contributed by atoms with van der Waals surface area (Å²) < 4.78 is 11.6. The number of hydroxylamine groups is 2. The molecule has 1 amide bonds. The van der Waals surface area contributed by atoms with Gasteiger partial charge in [0.25, 0.3) is 5.91 Å². The number of hydrogen-bond donors (Lipinski definition) is 0. The number of rotatable bonds is 9. The molecule has 0 saturated carbocycles. The van der Waals surface area contributed by atoms with Gasteiger partial charge in [0.2, 0.25) is 0 Å². The summed E-state index contributed by atoms with van der Waals surface area (Å²) in [5.74, 6) is -0.746. The predicted octanol–water partition coefficient (Wildman–Crippen LogP) is 3.08. The van der Waals surface area contributed by atoms with E-state index in [0.717, 1.165) is 5.56 Å². The molecule has 4 aromatic rings. The molecule has 0 spiro atoms. The Morgan fingerprint density at radius 1 is 0.927 bits per heavy atom. The third-order valence-electron chi connectivity index (χ3n) is 6.40. The van der Waals surface area contributed by atoms with Gasteiger partial charge in [0.05, 0.1) is 18.2 Å². The predicted molar refractivity (Wildman–Crippen MR) is 149 cm³/mol. The Kier molecular flexibility index (Phi) is 10.6. The van der Waals surface area contributed by atoms with E-state index in [-0.39, 0.29) is 47.1 Å². The third-order valence-corrected chi connectivity index (χ3v) is 6.93. The first kappa shape index (κ1) is 30.8. The number of hydrogen-bond acceptors (Lipinski definition) is 6. The summed E-state index contributed by atoms with van der Waals surface area (Å²) >= 11 is 12.5. The van der Waals surface area contributed by atoms with E-state index >= 15 is 0 Å². The maximum Gasteiger partial charge on any atom is 1.00 e. The quantitative estimate of drug-likeness (QED) is 0.217. The van der Waals surface area contributed by atoms with Gasteiger partial charge in [-0.05, 0) is 60.9 Å². The van der Waals surface area contributed by atoms with E-state index in [1.807, 2.05) is 30.3 Å². The average molecular weight is 600 g/mol. The van der Waals surface area contributed by atoms with Crippen LogP contribution in [-0.2, 0) is 11.2 Å². The molecule has 0 radical (unpaired) electrons. The van der Waals surface area contributed by atoms with Gasteiger partial charge in [-0.2, -0.15) is 5.06 Å². The van der Waals surface area contributed by atoms with Crippen molar-refractivity contribution in [2.75, 3.05) is 13.2 Å². The first-order chi connectivity index (χ1) is 19.4. The summed E-state index contributed by atoms with van der Waals surface area (Å²) in [5.41, 5.74) is 1.91. The molecule has 1 aliphatic heterocycles. The molecule has 41 heavy (non-hydrogen) atoms. The van der Waals surface area contributed by atoms with Crippen LogP contribution < -0.4 is 49.0 Å². The number of nitrogens with zero attached hydrogens (tertiary/aromatic N) is 1. The van der Waals surface area contributed by atoms with Gasteiger partial charge in [-0.25, -0.2) is 0 Å². The molecule has 204 valence electrons. The number of fused-ring (bicyclic) bond motifs is 1. The van der Waals surface area contributed by atoms with Crippen molar-refractivity contribution in [3.63, 3.8) is 0 Å². The zero-order chi connectivity index (χ0) is 28.1. The molecule has 0 N–H and O–H groups in total. The Morgan fingerprint density at radius 3 is 2.39 bits per heavy atom. The second-order valence-corrected chi connectivity index (χ2v) is 9.99. The summed E-state index contributed by atoms with van der Waals surface area (Å²) in [6.45, 7) is 0.562. The van der Waals surface area contributed by atoms with Crippen molar-refractivity contribution in [2.24, 2.45) is 0 Å². The number of carboxylic acid groups (broad SMARTS) is 1. The molecule has 1 heterocycles. The maximum absolute atomic E-state index is 13.5. The van der Waals surface area contributed by atoms with Crippen molar-refractivity contribution >= 4 is 35.1 Å². The zero-order valence-electron chi connectivity index (χ0n) is 22.2. The van der Waals surface area contributed by atoms with Crippen LogP contribution >= 0.6 is 23.2 Å². The molecule has 4 aromatic carbocycles. The second kappa shape index (κ2) is 14.1. The van der Waals surface area contributed by atoms with Crippen molar-refractivity contribution < 1.29 is 58.6 Å². The first-order valence-electron chi connectivity index (χ1n) is 12.6. The molecule has 1 atom stereocenters. The first-order valence-corrected chi connectivity index (χ1v) is 13.4. The van der Waals surface area contributed by atoms with Crippen molar-refractivity contribution in [1.29, 1.82) is 0 Å². The smallest absolute Gasteiger partial charge is 0.549 e. The Bertz CT molecular complexity index is 1520. The number of ether oxygens (including phenoxy) is 2. The van der Waals surface area contributed by atoms with Gasteiger partial charge >= 0.3 is 29.6 Å². The van der Waals surface area contributed by atoms with Crippen LogP contribution in [0.5, 0.6) is 23.0 Å². The largest absolute Gasteiger partial charge is 1.00 e. The average Bonchev–Trinajstić information content (AvgIpc) is 2.96. The van der Waals surface area contributed by atoms with E-state index in [1.54, 1.807) is 54.6 Å². The van der Waals surface area contributed by atoms with Gasteiger partial charge in [-0.3, -0.25) is 4.79 Å². The van der Waals surface area contributed by atoms with Crippen LogP contribution in [0.15, 0.2) is 91.0 Å². The summed E-state index contributed by atoms with van der Waals surface area (Å²) in [6, 6.07) is 26.3.